The fourth-order valence-corrected chi connectivity index (χ4v) is 2.93. The van der Waals surface area contributed by atoms with Gasteiger partial charge in [-0.25, -0.2) is 4.79 Å². The van der Waals surface area contributed by atoms with Gasteiger partial charge in [-0.1, -0.05) is 36.4 Å². The first-order valence-corrected chi connectivity index (χ1v) is 7.99. The second-order valence-electron chi connectivity index (χ2n) is 6.14. The molecule has 1 aliphatic heterocycles. The molecule has 3 rings (SSSR count). The predicted octanol–water partition coefficient (Wildman–Crippen LogP) is 2.54. The first-order chi connectivity index (χ1) is 11.9. The number of hydrogen-bond donors (Lipinski definition) is 2. The summed E-state index contributed by atoms with van der Waals surface area (Å²) in [6.45, 7) is 3.55. The van der Waals surface area contributed by atoms with Crippen LogP contribution in [0.25, 0.3) is 0 Å². The van der Waals surface area contributed by atoms with Crippen LogP contribution in [0.1, 0.15) is 22.7 Å². The van der Waals surface area contributed by atoms with Gasteiger partial charge >= 0.3 is 6.03 Å². The van der Waals surface area contributed by atoms with E-state index in [1.165, 1.54) is 0 Å². The van der Waals surface area contributed by atoms with Gasteiger partial charge in [0.25, 0.3) is 5.91 Å². The van der Waals surface area contributed by atoms with Gasteiger partial charge in [-0.15, -0.1) is 0 Å². The largest absolute Gasteiger partial charge is 0.325 e. The van der Waals surface area contributed by atoms with E-state index in [-0.39, 0.29) is 6.54 Å². The van der Waals surface area contributed by atoms with Gasteiger partial charge in [0, 0.05) is 5.69 Å². The Labute approximate surface area is 145 Å². The average molecular weight is 337 g/mol. The molecule has 128 valence electrons. The van der Waals surface area contributed by atoms with Crippen LogP contribution in [-0.4, -0.2) is 29.3 Å². The number of urea groups is 1. The minimum Gasteiger partial charge on any atom is -0.325 e. The highest BCUT2D eigenvalue weighted by Gasteiger charge is 2.39. The maximum atomic E-state index is 12.5. The molecule has 0 bridgehead atoms. The Hall–Kier alpha value is -3.15. The molecule has 0 saturated carbocycles. The van der Waals surface area contributed by atoms with Crippen LogP contribution < -0.4 is 10.6 Å². The highest BCUT2D eigenvalue weighted by molar-refractivity contribution is 6.08. The maximum absolute atomic E-state index is 12.5. The smallest absolute Gasteiger partial charge is 0.325 e. The second kappa shape index (κ2) is 6.76. The molecule has 1 saturated heterocycles. The number of hydrogen-bond acceptors (Lipinski definition) is 3. The van der Waals surface area contributed by atoms with Gasteiger partial charge in [-0.3, -0.25) is 14.5 Å². The van der Waals surface area contributed by atoms with Crippen molar-refractivity contribution in [2.75, 3.05) is 11.9 Å². The van der Waals surface area contributed by atoms with Gasteiger partial charge in [-0.2, -0.15) is 0 Å². The summed E-state index contributed by atoms with van der Waals surface area (Å²) in [6.07, 6.45) is 0. The Morgan fingerprint density at radius 2 is 1.72 bits per heavy atom. The molecule has 1 unspecified atom stereocenters. The number of anilines is 1. The average Bonchev–Trinajstić information content (AvgIpc) is 2.83. The maximum Gasteiger partial charge on any atom is 0.325 e. The molecule has 4 amide bonds. The van der Waals surface area contributed by atoms with Gasteiger partial charge in [0.05, 0.1) is 0 Å². The molecule has 0 radical (unpaired) electrons. The molecule has 6 nitrogen and oxygen atoms in total. The molecule has 0 aliphatic carbocycles. The number of benzene rings is 2. The third kappa shape index (κ3) is 3.68. The number of nitrogens with zero attached hydrogens (tertiary/aromatic N) is 1. The first-order valence-electron chi connectivity index (χ1n) is 7.99. The van der Waals surface area contributed by atoms with Gasteiger partial charge in [0.2, 0.25) is 5.91 Å². The fraction of sp³-hybridized carbons (Fsp3) is 0.211. The monoisotopic (exact) mass is 337 g/mol. The van der Waals surface area contributed by atoms with E-state index in [1.54, 1.807) is 24.3 Å². The van der Waals surface area contributed by atoms with Crippen molar-refractivity contribution in [3.63, 3.8) is 0 Å². The molecule has 25 heavy (non-hydrogen) atoms. The number of imide groups is 1. The molecule has 1 heterocycles. The highest BCUT2D eigenvalue weighted by atomic mass is 16.2. The minimum absolute atomic E-state index is 0.318. The summed E-state index contributed by atoms with van der Waals surface area (Å²) in [5.74, 6) is -0.839. The van der Waals surface area contributed by atoms with E-state index in [9.17, 15) is 14.4 Å². The zero-order valence-electron chi connectivity index (χ0n) is 14.1. The van der Waals surface area contributed by atoms with Gasteiger partial charge in [0.15, 0.2) is 0 Å². The molecule has 2 aromatic rings. The summed E-state index contributed by atoms with van der Waals surface area (Å²) in [5.41, 5.74) is 3.39. The Balaban J connectivity index is 1.69. The predicted molar refractivity (Wildman–Crippen MR) is 94.0 cm³/mol. The van der Waals surface area contributed by atoms with Crippen LogP contribution in [0.2, 0.25) is 0 Å². The Morgan fingerprint density at radius 3 is 2.36 bits per heavy atom. The normalized spacial score (nSPS) is 16.7. The number of rotatable bonds is 4. The topological polar surface area (TPSA) is 78.5 Å². The van der Waals surface area contributed by atoms with E-state index < -0.39 is 23.9 Å². The molecular formula is C19H19N3O3. The Morgan fingerprint density at radius 1 is 1.08 bits per heavy atom. The lowest BCUT2D eigenvalue weighted by Crippen LogP contribution is -2.38. The number of carbonyl (C=O) groups is 3. The van der Waals surface area contributed by atoms with Crippen LogP contribution >= 0.6 is 0 Å². The number of amides is 4. The molecule has 1 atom stereocenters. The first kappa shape index (κ1) is 16.7. The lowest BCUT2D eigenvalue weighted by Gasteiger charge is -2.13. The van der Waals surface area contributed by atoms with E-state index in [4.69, 9.17) is 0 Å². The SMILES string of the molecule is Cc1cc(C)cc(NC(=O)CN2C(=O)NC(c3ccccc3)C2=O)c1. The van der Waals surface area contributed by atoms with Crippen molar-refractivity contribution < 1.29 is 14.4 Å². The van der Waals surface area contributed by atoms with Gasteiger partial charge in [0.1, 0.15) is 12.6 Å². The summed E-state index contributed by atoms with van der Waals surface area (Å²) in [4.78, 5) is 37.7. The zero-order chi connectivity index (χ0) is 18.0. The summed E-state index contributed by atoms with van der Waals surface area (Å²) >= 11 is 0. The third-order valence-corrected chi connectivity index (χ3v) is 3.97. The molecule has 0 spiro atoms. The van der Waals surface area contributed by atoms with Crippen molar-refractivity contribution >= 4 is 23.5 Å². The Bertz CT molecular complexity index is 813. The summed E-state index contributed by atoms with van der Waals surface area (Å²) in [7, 11) is 0. The van der Waals surface area contributed by atoms with E-state index in [0.29, 0.717) is 11.3 Å². The van der Waals surface area contributed by atoms with Crippen molar-refractivity contribution in [1.29, 1.82) is 0 Å². The van der Waals surface area contributed by atoms with Crippen LogP contribution in [0.5, 0.6) is 0 Å². The molecule has 2 N–H and O–H groups in total. The standard InChI is InChI=1S/C19H19N3O3/c1-12-8-13(2)10-15(9-12)20-16(23)11-22-18(24)17(21-19(22)25)14-6-4-3-5-7-14/h3-10,17H,11H2,1-2H3,(H,20,23)(H,21,25). The molecular weight excluding hydrogens is 318 g/mol. The summed E-state index contributed by atoms with van der Waals surface area (Å²) in [6, 6.07) is 13.3. The fourth-order valence-electron chi connectivity index (χ4n) is 2.93. The van der Waals surface area contributed by atoms with E-state index >= 15 is 0 Å². The quantitative estimate of drug-likeness (QED) is 0.842. The highest BCUT2D eigenvalue weighted by Crippen LogP contribution is 2.21. The van der Waals surface area contributed by atoms with Gasteiger partial charge < -0.3 is 10.6 Å². The molecule has 2 aromatic carbocycles. The zero-order valence-corrected chi connectivity index (χ0v) is 14.1. The van der Waals surface area contributed by atoms with E-state index in [1.807, 2.05) is 38.1 Å². The van der Waals surface area contributed by atoms with Gasteiger partial charge in [-0.05, 0) is 42.7 Å². The van der Waals surface area contributed by atoms with Crippen molar-refractivity contribution in [2.45, 2.75) is 19.9 Å². The molecule has 1 aliphatic rings. The Kier molecular flexibility index (Phi) is 4.52. The lowest BCUT2D eigenvalue weighted by atomic mass is 10.1. The van der Waals surface area contributed by atoms with Crippen molar-refractivity contribution in [3.8, 4) is 0 Å². The summed E-state index contributed by atoms with van der Waals surface area (Å²) < 4.78 is 0. The number of carbonyl (C=O) groups excluding carboxylic acids is 3. The van der Waals surface area contributed by atoms with Crippen LogP contribution in [0.15, 0.2) is 48.5 Å². The third-order valence-electron chi connectivity index (χ3n) is 3.97. The molecule has 0 aromatic heterocycles. The molecule has 6 heteroatoms. The van der Waals surface area contributed by atoms with E-state index in [2.05, 4.69) is 10.6 Å². The van der Waals surface area contributed by atoms with Crippen LogP contribution in [0, 0.1) is 13.8 Å². The van der Waals surface area contributed by atoms with Crippen molar-refractivity contribution in [3.05, 3.63) is 65.2 Å². The number of nitrogens with one attached hydrogen (secondary N) is 2. The molecule has 1 fully saturated rings. The van der Waals surface area contributed by atoms with Crippen molar-refractivity contribution in [1.82, 2.24) is 10.2 Å². The number of aryl methyl sites for hydroxylation is 2. The van der Waals surface area contributed by atoms with Crippen LogP contribution in [0.3, 0.4) is 0 Å². The summed E-state index contributed by atoms with van der Waals surface area (Å²) in [5, 5.41) is 5.35. The van der Waals surface area contributed by atoms with E-state index in [0.717, 1.165) is 16.0 Å². The van der Waals surface area contributed by atoms with Crippen molar-refractivity contribution in [2.24, 2.45) is 0 Å². The lowest BCUT2D eigenvalue weighted by molar-refractivity contribution is -0.130. The van der Waals surface area contributed by atoms with Crippen LogP contribution in [0.4, 0.5) is 10.5 Å². The van der Waals surface area contributed by atoms with Crippen LogP contribution in [-0.2, 0) is 9.59 Å². The minimum atomic E-state index is -0.747. The second-order valence-corrected chi connectivity index (χ2v) is 6.14.